The van der Waals surface area contributed by atoms with Gasteiger partial charge in [0.25, 0.3) is 0 Å². The summed E-state index contributed by atoms with van der Waals surface area (Å²) >= 11 is 1.72. The summed E-state index contributed by atoms with van der Waals surface area (Å²) in [5.74, 6) is 0.0619. The van der Waals surface area contributed by atoms with E-state index in [4.69, 9.17) is 4.42 Å². The predicted molar refractivity (Wildman–Crippen MR) is 97.5 cm³/mol. The Hall–Kier alpha value is -1.89. The van der Waals surface area contributed by atoms with Crippen LogP contribution in [0.25, 0.3) is 11.1 Å². The van der Waals surface area contributed by atoms with Gasteiger partial charge in [-0.05, 0) is 40.8 Å². The molecule has 3 aromatic rings. The van der Waals surface area contributed by atoms with E-state index in [1.54, 1.807) is 29.9 Å². The molecule has 0 amide bonds. The zero-order valence-corrected chi connectivity index (χ0v) is 15.1. The van der Waals surface area contributed by atoms with Crippen LogP contribution in [-0.2, 0) is 16.4 Å². The Kier molecular flexibility index (Phi) is 3.42. The van der Waals surface area contributed by atoms with Gasteiger partial charge in [0.2, 0.25) is 0 Å². The Morgan fingerprint density at radius 2 is 2.08 bits per heavy atom. The molecule has 128 valence electrons. The Balaban J connectivity index is 1.51. The number of thiophene rings is 1. The first-order chi connectivity index (χ1) is 12.1. The zero-order chi connectivity index (χ0) is 17.0. The van der Waals surface area contributed by atoms with Crippen molar-refractivity contribution in [3.05, 3.63) is 64.7 Å². The van der Waals surface area contributed by atoms with Crippen molar-refractivity contribution in [1.29, 1.82) is 0 Å². The maximum absolute atomic E-state index is 13.0. The number of fused-ring (bicyclic) bond motifs is 3. The summed E-state index contributed by atoms with van der Waals surface area (Å²) in [6, 6.07) is 11.7. The van der Waals surface area contributed by atoms with Crippen LogP contribution in [0.3, 0.4) is 0 Å². The normalized spacial score (nSPS) is 24.3. The molecule has 5 rings (SSSR count). The van der Waals surface area contributed by atoms with Gasteiger partial charge in [0.05, 0.1) is 22.7 Å². The molecule has 0 spiro atoms. The predicted octanol–water partition coefficient (Wildman–Crippen LogP) is 3.76. The number of rotatable bonds is 3. The molecule has 6 heteroatoms. The maximum atomic E-state index is 13.0. The molecule has 1 saturated heterocycles. The van der Waals surface area contributed by atoms with Crippen LogP contribution in [0.5, 0.6) is 0 Å². The minimum Gasteiger partial charge on any atom is -0.472 e. The number of hydrogen-bond acceptors (Lipinski definition) is 5. The lowest BCUT2D eigenvalue weighted by Gasteiger charge is -2.16. The second kappa shape index (κ2) is 5.56. The highest BCUT2D eigenvalue weighted by atomic mass is 32.2. The van der Waals surface area contributed by atoms with Gasteiger partial charge < -0.3 is 4.42 Å². The highest BCUT2D eigenvalue weighted by molar-refractivity contribution is 7.92. The molecular weight excluding hydrogens is 354 g/mol. The summed E-state index contributed by atoms with van der Waals surface area (Å²) in [4.78, 5) is 4.07. The lowest BCUT2D eigenvalue weighted by Crippen LogP contribution is -2.25. The van der Waals surface area contributed by atoms with Gasteiger partial charge in [0.1, 0.15) is 0 Å². The number of nitrogens with zero attached hydrogens (tertiary/aromatic N) is 1. The molecule has 4 heterocycles. The van der Waals surface area contributed by atoms with Crippen molar-refractivity contribution in [2.24, 2.45) is 0 Å². The average molecular weight is 371 g/mol. The van der Waals surface area contributed by atoms with Gasteiger partial charge >= 0.3 is 0 Å². The van der Waals surface area contributed by atoms with Crippen molar-refractivity contribution in [2.45, 2.75) is 22.6 Å². The minimum absolute atomic E-state index is 0.0619. The summed E-state index contributed by atoms with van der Waals surface area (Å²) in [5, 5.41) is 1.75. The molecule has 4 nitrogen and oxygen atoms in total. The van der Waals surface area contributed by atoms with Gasteiger partial charge in [0.15, 0.2) is 9.84 Å². The number of sulfone groups is 1. The van der Waals surface area contributed by atoms with Crippen molar-refractivity contribution in [3.8, 4) is 11.1 Å². The van der Waals surface area contributed by atoms with E-state index in [2.05, 4.69) is 16.3 Å². The van der Waals surface area contributed by atoms with Crippen LogP contribution in [0.1, 0.15) is 16.4 Å². The molecule has 1 fully saturated rings. The second-order valence-electron chi connectivity index (χ2n) is 6.73. The molecule has 0 N–H and O–H groups in total. The third-order valence-electron chi connectivity index (χ3n) is 5.27. The fourth-order valence-corrected chi connectivity index (χ4v) is 7.03. The third-order valence-corrected chi connectivity index (χ3v) is 8.39. The third kappa shape index (κ3) is 2.39. The van der Waals surface area contributed by atoms with Gasteiger partial charge in [0, 0.05) is 36.0 Å². The summed E-state index contributed by atoms with van der Waals surface area (Å²) in [7, 11) is -3.24. The van der Waals surface area contributed by atoms with Crippen molar-refractivity contribution in [2.75, 3.05) is 13.1 Å². The standard InChI is InChI=1S/C19H17NO3S2/c21-25(22)18-4-3-13(14-5-6-23-12-14)8-16(18)17-10-20(11-19(17)25)9-15-2-1-7-24-15/h1-8,12,17,19H,9-11H2/t17-,19-/m1/s1. The SMILES string of the molecule is O=S1(=O)c2ccc(-c3ccoc3)cc2[C@H]2CN(Cc3cccs3)C[C@H]21. The molecule has 25 heavy (non-hydrogen) atoms. The number of benzene rings is 1. The van der Waals surface area contributed by atoms with E-state index in [0.29, 0.717) is 11.4 Å². The van der Waals surface area contributed by atoms with E-state index in [1.807, 2.05) is 24.3 Å². The number of hydrogen-bond donors (Lipinski definition) is 0. The topological polar surface area (TPSA) is 50.5 Å². The van der Waals surface area contributed by atoms with Gasteiger partial charge in [-0.25, -0.2) is 8.42 Å². The number of furan rings is 1. The molecule has 0 saturated carbocycles. The lowest BCUT2D eigenvalue weighted by molar-refractivity contribution is 0.328. The average Bonchev–Trinajstić information content (AvgIpc) is 3.37. The first kappa shape index (κ1) is 15.4. The molecule has 2 aliphatic heterocycles. The highest BCUT2D eigenvalue weighted by Crippen LogP contribution is 2.46. The van der Waals surface area contributed by atoms with Crippen LogP contribution in [0.2, 0.25) is 0 Å². The molecule has 1 aromatic carbocycles. The monoisotopic (exact) mass is 371 g/mol. The van der Waals surface area contributed by atoms with Crippen molar-refractivity contribution >= 4 is 21.2 Å². The summed E-state index contributed by atoms with van der Waals surface area (Å²) in [6.45, 7) is 2.24. The summed E-state index contributed by atoms with van der Waals surface area (Å²) < 4.78 is 31.1. The summed E-state index contributed by atoms with van der Waals surface area (Å²) in [5.41, 5.74) is 2.97. The number of likely N-dealkylation sites (tertiary alicyclic amines) is 1. The van der Waals surface area contributed by atoms with E-state index in [9.17, 15) is 8.42 Å². The van der Waals surface area contributed by atoms with Gasteiger partial charge in [-0.2, -0.15) is 0 Å². The van der Waals surface area contributed by atoms with E-state index in [0.717, 1.165) is 29.8 Å². The smallest absolute Gasteiger partial charge is 0.183 e. The van der Waals surface area contributed by atoms with Crippen LogP contribution in [0.15, 0.2) is 63.6 Å². The molecule has 2 aromatic heterocycles. The van der Waals surface area contributed by atoms with E-state index < -0.39 is 9.84 Å². The Morgan fingerprint density at radius 3 is 2.84 bits per heavy atom. The maximum Gasteiger partial charge on any atom is 0.183 e. The van der Waals surface area contributed by atoms with E-state index in [-0.39, 0.29) is 11.2 Å². The Labute approximate surface area is 150 Å². The first-order valence-electron chi connectivity index (χ1n) is 8.28. The highest BCUT2D eigenvalue weighted by Gasteiger charge is 2.50. The molecule has 0 bridgehead atoms. The van der Waals surface area contributed by atoms with Gasteiger partial charge in [-0.3, -0.25) is 4.90 Å². The Bertz CT molecular complexity index is 1010. The van der Waals surface area contributed by atoms with Crippen molar-refractivity contribution in [1.82, 2.24) is 4.90 Å². The van der Waals surface area contributed by atoms with Crippen LogP contribution in [0.4, 0.5) is 0 Å². The minimum atomic E-state index is -3.24. The largest absolute Gasteiger partial charge is 0.472 e. The van der Waals surface area contributed by atoms with Crippen molar-refractivity contribution < 1.29 is 12.8 Å². The van der Waals surface area contributed by atoms with Gasteiger partial charge in [-0.1, -0.05) is 12.1 Å². The lowest BCUT2D eigenvalue weighted by atomic mass is 9.95. The van der Waals surface area contributed by atoms with Crippen molar-refractivity contribution in [3.63, 3.8) is 0 Å². The molecule has 2 aliphatic rings. The van der Waals surface area contributed by atoms with Crippen LogP contribution in [-0.4, -0.2) is 31.7 Å². The van der Waals surface area contributed by atoms with Crippen LogP contribution >= 0.6 is 11.3 Å². The van der Waals surface area contributed by atoms with E-state index >= 15 is 0 Å². The second-order valence-corrected chi connectivity index (χ2v) is 9.90. The molecule has 2 atom stereocenters. The van der Waals surface area contributed by atoms with Crippen LogP contribution in [0, 0.1) is 0 Å². The fourth-order valence-electron chi connectivity index (χ4n) is 4.09. The quantitative estimate of drug-likeness (QED) is 0.703. The molecule has 0 unspecified atom stereocenters. The fraction of sp³-hybridized carbons (Fsp3) is 0.263. The zero-order valence-electron chi connectivity index (χ0n) is 13.5. The van der Waals surface area contributed by atoms with E-state index in [1.165, 1.54) is 4.88 Å². The summed E-state index contributed by atoms with van der Waals surface area (Å²) in [6.07, 6.45) is 3.33. The van der Waals surface area contributed by atoms with Crippen LogP contribution < -0.4 is 0 Å². The van der Waals surface area contributed by atoms with Gasteiger partial charge in [-0.15, -0.1) is 11.3 Å². The first-order valence-corrected chi connectivity index (χ1v) is 10.7. The Morgan fingerprint density at radius 1 is 1.16 bits per heavy atom. The molecule has 0 radical (unpaired) electrons. The molecule has 0 aliphatic carbocycles. The molecular formula is C19H17NO3S2.